The number of benzene rings is 1. The Kier molecular flexibility index (Phi) is 3.43. The smallest absolute Gasteiger partial charge is 0.262 e. The number of aromatic nitrogens is 2. The molecule has 7 heteroatoms. The monoisotopic (exact) mass is 314 g/mol. The van der Waals surface area contributed by atoms with Gasteiger partial charge in [-0.25, -0.2) is 4.98 Å². The zero-order valence-corrected chi connectivity index (χ0v) is 13.0. The van der Waals surface area contributed by atoms with Crippen LogP contribution >= 0.6 is 0 Å². The summed E-state index contributed by atoms with van der Waals surface area (Å²) < 4.78 is 1.39. The van der Waals surface area contributed by atoms with E-state index in [9.17, 15) is 14.4 Å². The second kappa shape index (κ2) is 5.19. The van der Waals surface area contributed by atoms with Gasteiger partial charge in [0.25, 0.3) is 11.5 Å². The molecular weight excluding hydrogens is 296 g/mol. The van der Waals surface area contributed by atoms with Gasteiger partial charge in [0.05, 0.1) is 10.9 Å². The predicted octanol–water partition coefficient (Wildman–Crippen LogP) is 0.829. The maximum absolute atomic E-state index is 12.9. The van der Waals surface area contributed by atoms with E-state index in [1.165, 1.54) is 4.57 Å². The van der Waals surface area contributed by atoms with Crippen molar-refractivity contribution in [1.82, 2.24) is 14.9 Å². The lowest BCUT2D eigenvalue weighted by Crippen LogP contribution is -2.51. The summed E-state index contributed by atoms with van der Waals surface area (Å²) in [5.41, 5.74) is 5.31. The first kappa shape index (κ1) is 15.2. The number of nitrogens with two attached hydrogens (primary N) is 1. The van der Waals surface area contributed by atoms with Crippen LogP contribution in [0.15, 0.2) is 23.0 Å². The Bertz CT molecular complexity index is 887. The number of nitrogens with one attached hydrogen (secondary N) is 1. The number of carbonyl (C=O) groups is 2. The van der Waals surface area contributed by atoms with Gasteiger partial charge < -0.3 is 5.73 Å². The van der Waals surface area contributed by atoms with Crippen LogP contribution in [-0.2, 0) is 15.1 Å². The Balaban J connectivity index is 2.26. The highest BCUT2D eigenvalue weighted by molar-refractivity contribution is 5.99. The topological polar surface area (TPSA) is 107 Å². The van der Waals surface area contributed by atoms with Crippen LogP contribution in [0.1, 0.15) is 32.0 Å². The zero-order valence-electron chi connectivity index (χ0n) is 13.0. The number of carbonyl (C=O) groups excluding carboxylic acids is 2. The predicted molar refractivity (Wildman–Crippen MR) is 85.8 cm³/mol. The highest BCUT2D eigenvalue weighted by Gasteiger charge is 2.40. The molecule has 3 N–H and O–H groups in total. The quantitative estimate of drug-likeness (QED) is 0.599. The van der Waals surface area contributed by atoms with Crippen molar-refractivity contribution in [2.24, 2.45) is 0 Å². The molecule has 120 valence electrons. The number of hydrogen-bond acceptors (Lipinski definition) is 5. The number of aryl methyl sites for hydroxylation is 1. The Morgan fingerprint density at radius 2 is 2.04 bits per heavy atom. The molecule has 3 rings (SSSR count). The van der Waals surface area contributed by atoms with Crippen molar-refractivity contribution < 1.29 is 9.59 Å². The lowest BCUT2D eigenvalue weighted by molar-refractivity contribution is -0.134. The molecule has 1 unspecified atom stereocenters. The average Bonchev–Trinajstić information content (AvgIpc) is 2.58. The molecule has 1 aromatic heterocycles. The number of rotatable bonds is 1. The van der Waals surface area contributed by atoms with Crippen molar-refractivity contribution in [2.75, 3.05) is 5.73 Å². The molecule has 1 aliphatic heterocycles. The molecule has 0 bridgehead atoms. The van der Waals surface area contributed by atoms with Crippen LogP contribution < -0.4 is 16.6 Å². The van der Waals surface area contributed by atoms with E-state index >= 15 is 0 Å². The molecular formula is C16H18N4O3. The van der Waals surface area contributed by atoms with Crippen LogP contribution in [0.2, 0.25) is 0 Å². The van der Waals surface area contributed by atoms with Crippen molar-refractivity contribution in [3.63, 3.8) is 0 Å². The molecule has 2 aromatic rings. The Morgan fingerprint density at radius 1 is 1.30 bits per heavy atom. The Labute approximate surface area is 132 Å². The minimum absolute atomic E-state index is 0.271. The van der Waals surface area contributed by atoms with Crippen LogP contribution in [0, 0.1) is 6.92 Å². The normalized spacial score (nSPS) is 22.0. The van der Waals surface area contributed by atoms with Crippen molar-refractivity contribution in [1.29, 1.82) is 0 Å². The summed E-state index contributed by atoms with van der Waals surface area (Å²) in [6.07, 6.45) is 1.19. The number of nitrogen functional groups attached to an aromatic ring is 1. The number of nitrogens with zero attached hydrogens (tertiary/aromatic N) is 2. The third kappa shape index (κ3) is 2.38. The lowest BCUT2D eigenvalue weighted by atomic mass is 9.94. The molecule has 0 radical (unpaired) electrons. The molecule has 2 amide bonds. The zero-order chi connectivity index (χ0) is 16.8. The summed E-state index contributed by atoms with van der Waals surface area (Å²) in [5, 5.41) is 2.75. The van der Waals surface area contributed by atoms with E-state index in [-0.39, 0.29) is 17.9 Å². The molecule has 1 aliphatic rings. The molecule has 0 spiro atoms. The van der Waals surface area contributed by atoms with Gasteiger partial charge in [0, 0.05) is 12.1 Å². The van der Waals surface area contributed by atoms with Gasteiger partial charge in [0.2, 0.25) is 5.91 Å². The van der Waals surface area contributed by atoms with Gasteiger partial charge in [-0.3, -0.25) is 24.3 Å². The fourth-order valence-electron chi connectivity index (χ4n) is 3.14. The Morgan fingerprint density at radius 3 is 2.78 bits per heavy atom. The second-order valence-corrected chi connectivity index (χ2v) is 6.08. The molecule has 1 fully saturated rings. The number of fused-ring (bicyclic) bond motifs is 1. The van der Waals surface area contributed by atoms with Gasteiger partial charge in [-0.2, -0.15) is 0 Å². The van der Waals surface area contributed by atoms with E-state index in [0.717, 1.165) is 0 Å². The van der Waals surface area contributed by atoms with Crippen LogP contribution in [0.25, 0.3) is 10.9 Å². The van der Waals surface area contributed by atoms with Crippen molar-refractivity contribution >= 4 is 28.4 Å². The van der Waals surface area contributed by atoms with Crippen molar-refractivity contribution in [3.05, 3.63) is 34.4 Å². The second-order valence-electron chi connectivity index (χ2n) is 6.08. The largest absolute Gasteiger partial charge is 0.399 e. The van der Waals surface area contributed by atoms with Gasteiger partial charge in [0.15, 0.2) is 0 Å². The molecule has 23 heavy (non-hydrogen) atoms. The van der Waals surface area contributed by atoms with Gasteiger partial charge >= 0.3 is 0 Å². The average molecular weight is 314 g/mol. The minimum atomic E-state index is -1.14. The number of anilines is 1. The fraction of sp³-hybridized carbons (Fsp3) is 0.375. The highest BCUT2D eigenvalue weighted by Crippen LogP contribution is 2.27. The van der Waals surface area contributed by atoms with Crippen LogP contribution in [-0.4, -0.2) is 21.4 Å². The first-order valence-electron chi connectivity index (χ1n) is 7.46. The van der Waals surface area contributed by atoms with Crippen LogP contribution in [0.5, 0.6) is 0 Å². The van der Waals surface area contributed by atoms with E-state index in [2.05, 4.69) is 10.3 Å². The summed E-state index contributed by atoms with van der Waals surface area (Å²) >= 11 is 0. The summed E-state index contributed by atoms with van der Waals surface area (Å²) in [4.78, 5) is 41.4. The van der Waals surface area contributed by atoms with Crippen LogP contribution in [0.3, 0.4) is 0 Å². The molecule has 2 heterocycles. The third-order valence-corrected chi connectivity index (χ3v) is 4.36. The van der Waals surface area contributed by atoms with Gasteiger partial charge in [-0.15, -0.1) is 0 Å². The number of imide groups is 1. The van der Waals surface area contributed by atoms with E-state index in [4.69, 9.17) is 5.73 Å². The maximum atomic E-state index is 12.9. The minimum Gasteiger partial charge on any atom is -0.399 e. The molecule has 1 atom stereocenters. The van der Waals surface area contributed by atoms with Gasteiger partial charge in [-0.05, 0) is 44.9 Å². The third-order valence-electron chi connectivity index (χ3n) is 4.36. The van der Waals surface area contributed by atoms with Crippen molar-refractivity contribution in [2.45, 2.75) is 38.6 Å². The molecule has 0 aliphatic carbocycles. The Hall–Kier alpha value is -2.70. The summed E-state index contributed by atoms with van der Waals surface area (Å²) in [6.45, 7) is 3.34. The van der Waals surface area contributed by atoms with E-state index in [1.807, 2.05) is 0 Å². The molecule has 0 saturated carbocycles. The first-order chi connectivity index (χ1) is 10.8. The summed E-state index contributed by atoms with van der Waals surface area (Å²) in [7, 11) is 0. The van der Waals surface area contributed by atoms with Gasteiger partial charge in [-0.1, -0.05) is 0 Å². The van der Waals surface area contributed by atoms with E-state index < -0.39 is 11.4 Å². The summed E-state index contributed by atoms with van der Waals surface area (Å²) in [6, 6.07) is 4.87. The molecule has 1 saturated heterocycles. The van der Waals surface area contributed by atoms with E-state index in [1.54, 1.807) is 32.0 Å². The highest BCUT2D eigenvalue weighted by atomic mass is 16.2. The first-order valence-corrected chi connectivity index (χ1v) is 7.46. The van der Waals surface area contributed by atoms with Crippen molar-refractivity contribution in [3.8, 4) is 0 Å². The van der Waals surface area contributed by atoms with E-state index in [0.29, 0.717) is 35.3 Å². The maximum Gasteiger partial charge on any atom is 0.262 e. The SMILES string of the molecule is Cc1nc2cc(N)ccc2c(=O)n1C1(C)CCCC(=O)NC1=O. The van der Waals surface area contributed by atoms with Gasteiger partial charge in [0.1, 0.15) is 11.4 Å². The van der Waals surface area contributed by atoms with Crippen LogP contribution in [0.4, 0.5) is 5.69 Å². The summed E-state index contributed by atoms with van der Waals surface area (Å²) in [5.74, 6) is -0.368. The standard InChI is InChI=1S/C16H18N4O3/c1-9-18-12-8-10(17)5-6-11(12)14(22)20(9)16(2)7-3-4-13(21)19-15(16)23/h5-6,8H,3-4,7,17H2,1-2H3,(H,19,21,23). The molecule has 1 aromatic carbocycles. The number of hydrogen-bond donors (Lipinski definition) is 2. The molecule has 7 nitrogen and oxygen atoms in total. The number of amides is 2. The fourth-order valence-corrected chi connectivity index (χ4v) is 3.14. The lowest BCUT2D eigenvalue weighted by Gasteiger charge is -2.30.